The molecule has 2 nitrogen and oxygen atoms in total. The molecule has 1 rings (SSSR count). The minimum atomic E-state index is -0.234. The molecular weight excluding hydrogens is 152 g/mol. The summed E-state index contributed by atoms with van der Waals surface area (Å²) < 4.78 is 5.31. The zero-order valence-corrected chi connectivity index (χ0v) is 8.39. The van der Waals surface area contributed by atoms with Crippen LogP contribution in [0, 0.1) is 11.8 Å². The summed E-state index contributed by atoms with van der Waals surface area (Å²) in [4.78, 5) is 11.4. The third kappa shape index (κ3) is 1.99. The SMILES string of the molecule is CC(C)C1CCC(C)(C)OC1=O. The van der Waals surface area contributed by atoms with Crippen molar-refractivity contribution in [1.29, 1.82) is 0 Å². The van der Waals surface area contributed by atoms with Crippen LogP contribution in [0.15, 0.2) is 0 Å². The fourth-order valence-electron chi connectivity index (χ4n) is 1.63. The first kappa shape index (κ1) is 9.56. The Hall–Kier alpha value is -0.530. The number of carbonyl (C=O) groups is 1. The van der Waals surface area contributed by atoms with Crippen LogP contribution in [0.1, 0.15) is 40.5 Å². The highest BCUT2D eigenvalue weighted by Gasteiger charge is 2.36. The van der Waals surface area contributed by atoms with Crippen molar-refractivity contribution in [3.63, 3.8) is 0 Å². The van der Waals surface area contributed by atoms with E-state index in [1.165, 1.54) is 0 Å². The van der Waals surface area contributed by atoms with Crippen molar-refractivity contribution in [2.75, 3.05) is 0 Å². The van der Waals surface area contributed by atoms with Crippen LogP contribution in [0.5, 0.6) is 0 Å². The van der Waals surface area contributed by atoms with Gasteiger partial charge in [0.1, 0.15) is 5.60 Å². The van der Waals surface area contributed by atoms with E-state index in [4.69, 9.17) is 4.74 Å². The maximum absolute atomic E-state index is 11.4. The molecule has 1 aliphatic heterocycles. The quantitative estimate of drug-likeness (QED) is 0.565. The molecule has 1 saturated heterocycles. The Morgan fingerprint density at radius 3 is 2.50 bits per heavy atom. The van der Waals surface area contributed by atoms with E-state index in [0.717, 1.165) is 12.8 Å². The lowest BCUT2D eigenvalue weighted by molar-refractivity contribution is -0.172. The predicted octanol–water partition coefficient (Wildman–Crippen LogP) is 2.37. The third-order valence-corrected chi connectivity index (χ3v) is 2.54. The van der Waals surface area contributed by atoms with Gasteiger partial charge in [-0.1, -0.05) is 13.8 Å². The lowest BCUT2D eigenvalue weighted by Crippen LogP contribution is -2.39. The van der Waals surface area contributed by atoms with Gasteiger partial charge in [-0.15, -0.1) is 0 Å². The molecule has 0 aliphatic carbocycles. The maximum Gasteiger partial charge on any atom is 0.309 e. The smallest absolute Gasteiger partial charge is 0.309 e. The summed E-state index contributed by atoms with van der Waals surface area (Å²) in [6, 6.07) is 0. The molecular formula is C10H18O2. The minimum absolute atomic E-state index is 0.0127. The lowest BCUT2D eigenvalue weighted by Gasteiger charge is -2.35. The van der Waals surface area contributed by atoms with E-state index in [1.54, 1.807) is 0 Å². The molecule has 0 radical (unpaired) electrons. The molecule has 1 atom stereocenters. The summed E-state index contributed by atoms with van der Waals surface area (Å²) in [7, 11) is 0. The second-order valence-corrected chi connectivity index (χ2v) is 4.57. The van der Waals surface area contributed by atoms with Gasteiger partial charge in [0.2, 0.25) is 0 Å². The summed E-state index contributed by atoms with van der Waals surface area (Å²) in [5, 5.41) is 0. The van der Waals surface area contributed by atoms with Crippen molar-refractivity contribution in [3.05, 3.63) is 0 Å². The molecule has 70 valence electrons. The summed E-state index contributed by atoms with van der Waals surface area (Å²) in [5.41, 5.74) is -0.234. The van der Waals surface area contributed by atoms with Crippen LogP contribution >= 0.6 is 0 Å². The average molecular weight is 170 g/mol. The van der Waals surface area contributed by atoms with Crippen LogP contribution in [0.3, 0.4) is 0 Å². The Bertz CT molecular complexity index is 182. The van der Waals surface area contributed by atoms with Gasteiger partial charge in [0.05, 0.1) is 5.92 Å². The van der Waals surface area contributed by atoms with E-state index in [9.17, 15) is 4.79 Å². The van der Waals surface area contributed by atoms with Crippen molar-refractivity contribution in [2.45, 2.75) is 46.1 Å². The fourth-order valence-corrected chi connectivity index (χ4v) is 1.63. The molecule has 1 heterocycles. The summed E-state index contributed by atoms with van der Waals surface area (Å²) in [5.74, 6) is 0.521. The normalized spacial score (nSPS) is 28.8. The van der Waals surface area contributed by atoms with Gasteiger partial charge in [-0.2, -0.15) is 0 Å². The van der Waals surface area contributed by atoms with Crippen LogP contribution in [-0.2, 0) is 9.53 Å². The van der Waals surface area contributed by atoms with Crippen molar-refractivity contribution in [2.24, 2.45) is 11.8 Å². The number of ether oxygens (including phenoxy) is 1. The molecule has 2 heteroatoms. The number of rotatable bonds is 1. The number of cyclic esters (lactones) is 1. The zero-order valence-electron chi connectivity index (χ0n) is 8.39. The molecule has 0 spiro atoms. The average Bonchev–Trinajstić information content (AvgIpc) is 1.83. The van der Waals surface area contributed by atoms with Gasteiger partial charge in [0, 0.05) is 0 Å². The van der Waals surface area contributed by atoms with E-state index in [-0.39, 0.29) is 17.5 Å². The molecule has 1 aliphatic rings. The Labute approximate surface area is 74.3 Å². The Morgan fingerprint density at radius 2 is 2.08 bits per heavy atom. The van der Waals surface area contributed by atoms with Gasteiger partial charge in [0.25, 0.3) is 0 Å². The van der Waals surface area contributed by atoms with E-state index >= 15 is 0 Å². The summed E-state index contributed by atoms with van der Waals surface area (Å²) in [6.45, 7) is 8.09. The second-order valence-electron chi connectivity index (χ2n) is 4.57. The van der Waals surface area contributed by atoms with Crippen LogP contribution < -0.4 is 0 Å². The van der Waals surface area contributed by atoms with Crippen LogP contribution in [0.25, 0.3) is 0 Å². The number of carbonyl (C=O) groups excluding carboxylic acids is 1. The van der Waals surface area contributed by atoms with E-state index in [2.05, 4.69) is 13.8 Å². The molecule has 0 aromatic rings. The molecule has 0 amide bonds. The Balaban J connectivity index is 2.60. The summed E-state index contributed by atoms with van der Waals surface area (Å²) in [6.07, 6.45) is 1.96. The molecule has 0 bridgehead atoms. The molecule has 0 saturated carbocycles. The predicted molar refractivity (Wildman–Crippen MR) is 47.7 cm³/mol. The zero-order chi connectivity index (χ0) is 9.35. The van der Waals surface area contributed by atoms with Crippen LogP contribution in [0.2, 0.25) is 0 Å². The van der Waals surface area contributed by atoms with Crippen LogP contribution in [0.4, 0.5) is 0 Å². The van der Waals surface area contributed by atoms with Crippen molar-refractivity contribution in [3.8, 4) is 0 Å². The highest BCUT2D eigenvalue weighted by molar-refractivity contribution is 5.73. The second kappa shape index (κ2) is 3.08. The van der Waals surface area contributed by atoms with Gasteiger partial charge in [-0.05, 0) is 32.6 Å². The molecule has 0 aromatic heterocycles. The van der Waals surface area contributed by atoms with Gasteiger partial charge in [-0.3, -0.25) is 4.79 Å². The standard InChI is InChI=1S/C10H18O2/c1-7(2)8-5-6-10(3,4)12-9(8)11/h7-8H,5-6H2,1-4H3. The van der Waals surface area contributed by atoms with Gasteiger partial charge < -0.3 is 4.74 Å². The Kier molecular flexibility index (Phi) is 2.45. The van der Waals surface area contributed by atoms with Crippen molar-refractivity contribution in [1.82, 2.24) is 0 Å². The molecule has 0 aromatic carbocycles. The number of hydrogen-bond donors (Lipinski definition) is 0. The minimum Gasteiger partial charge on any atom is -0.459 e. The number of esters is 1. The number of hydrogen-bond acceptors (Lipinski definition) is 2. The highest BCUT2D eigenvalue weighted by Crippen LogP contribution is 2.31. The monoisotopic (exact) mass is 170 g/mol. The molecule has 12 heavy (non-hydrogen) atoms. The van der Waals surface area contributed by atoms with Gasteiger partial charge in [0.15, 0.2) is 0 Å². The van der Waals surface area contributed by atoms with E-state index in [0.29, 0.717) is 5.92 Å². The molecule has 0 N–H and O–H groups in total. The van der Waals surface area contributed by atoms with E-state index < -0.39 is 0 Å². The fraction of sp³-hybridized carbons (Fsp3) is 0.900. The first-order chi connectivity index (χ1) is 5.42. The third-order valence-electron chi connectivity index (χ3n) is 2.54. The Morgan fingerprint density at radius 1 is 1.50 bits per heavy atom. The highest BCUT2D eigenvalue weighted by atomic mass is 16.6. The van der Waals surface area contributed by atoms with Crippen molar-refractivity contribution < 1.29 is 9.53 Å². The van der Waals surface area contributed by atoms with E-state index in [1.807, 2.05) is 13.8 Å². The molecule has 1 unspecified atom stereocenters. The van der Waals surface area contributed by atoms with Gasteiger partial charge in [-0.25, -0.2) is 0 Å². The first-order valence-corrected chi connectivity index (χ1v) is 4.65. The first-order valence-electron chi connectivity index (χ1n) is 4.65. The summed E-state index contributed by atoms with van der Waals surface area (Å²) >= 11 is 0. The lowest BCUT2D eigenvalue weighted by atomic mass is 9.84. The van der Waals surface area contributed by atoms with Crippen LogP contribution in [-0.4, -0.2) is 11.6 Å². The molecule has 1 fully saturated rings. The largest absolute Gasteiger partial charge is 0.459 e. The van der Waals surface area contributed by atoms with Gasteiger partial charge >= 0.3 is 5.97 Å². The topological polar surface area (TPSA) is 26.3 Å². The van der Waals surface area contributed by atoms with Crippen molar-refractivity contribution >= 4 is 5.97 Å². The maximum atomic E-state index is 11.4.